The summed E-state index contributed by atoms with van der Waals surface area (Å²) in [5.41, 5.74) is 1.89. The lowest BCUT2D eigenvalue weighted by molar-refractivity contribution is 0.343. The van der Waals surface area contributed by atoms with E-state index in [1.165, 1.54) is 10.5 Å². The lowest BCUT2D eigenvalue weighted by Gasteiger charge is -2.42. The predicted molar refractivity (Wildman–Crippen MR) is 91.7 cm³/mol. The van der Waals surface area contributed by atoms with Gasteiger partial charge in [0.2, 0.25) is 3.79 Å². The highest BCUT2D eigenvalue weighted by atomic mass is 35.6. The predicted octanol–water partition coefficient (Wildman–Crippen LogP) is 4.96. The summed E-state index contributed by atoms with van der Waals surface area (Å²) >= 11 is 20.9. The van der Waals surface area contributed by atoms with Crippen LogP contribution in [0.2, 0.25) is 0 Å². The molecule has 1 aromatic rings. The zero-order chi connectivity index (χ0) is 15.0. The summed E-state index contributed by atoms with van der Waals surface area (Å²) in [6.45, 7) is 7.01. The van der Waals surface area contributed by atoms with Gasteiger partial charge < -0.3 is 5.32 Å². The number of likely N-dealkylation sites (N-methyl/N-ethyl adjacent to an activating group) is 1. The topological polar surface area (TPSA) is 12.0 Å². The Labute approximate surface area is 140 Å². The number of hydrogen-bond donors (Lipinski definition) is 1. The third-order valence-corrected chi connectivity index (χ3v) is 6.55. The number of hydrogen-bond acceptors (Lipinski definition) is 2. The van der Waals surface area contributed by atoms with Crippen LogP contribution in [-0.2, 0) is 11.8 Å². The van der Waals surface area contributed by atoms with Gasteiger partial charge in [-0.1, -0.05) is 53.9 Å². The van der Waals surface area contributed by atoms with Crippen molar-refractivity contribution in [2.45, 2.75) is 47.3 Å². The molecule has 0 saturated carbocycles. The van der Waals surface area contributed by atoms with E-state index in [4.69, 9.17) is 34.8 Å². The Bertz CT molecular complexity index is 486. The molecule has 5 heteroatoms. The summed E-state index contributed by atoms with van der Waals surface area (Å²) in [7, 11) is 0. The molecule has 0 aliphatic carbocycles. The molecule has 1 aromatic carbocycles. The van der Waals surface area contributed by atoms with Crippen LogP contribution in [-0.4, -0.2) is 22.1 Å². The first kappa shape index (κ1) is 16.8. The molecule has 20 heavy (non-hydrogen) atoms. The Morgan fingerprint density at radius 2 is 2.05 bits per heavy atom. The highest BCUT2D eigenvalue weighted by Crippen LogP contribution is 2.49. The van der Waals surface area contributed by atoms with Crippen LogP contribution in [0.5, 0.6) is 0 Å². The largest absolute Gasteiger partial charge is 0.313 e. The Balaban J connectivity index is 2.46. The van der Waals surface area contributed by atoms with Crippen LogP contribution < -0.4 is 5.32 Å². The first-order valence-electron chi connectivity index (χ1n) is 6.87. The standard InChI is InChI=1S/C15H20Cl3NS/c1-4-19-10(2)14(3,15(16,17)18)12-5-6-13-11(9-12)7-8-20-13/h5-6,9-10,19H,4,7-8H2,1-3H3. The number of thioether (sulfide) groups is 1. The monoisotopic (exact) mass is 351 g/mol. The molecule has 0 radical (unpaired) electrons. The maximum absolute atomic E-state index is 6.34. The van der Waals surface area contributed by atoms with Crippen molar-refractivity contribution >= 4 is 46.6 Å². The lowest BCUT2D eigenvalue weighted by Crippen LogP contribution is -2.52. The van der Waals surface area contributed by atoms with E-state index in [-0.39, 0.29) is 6.04 Å². The highest BCUT2D eigenvalue weighted by Gasteiger charge is 2.49. The lowest BCUT2D eigenvalue weighted by atomic mass is 9.77. The Kier molecular flexibility index (Phi) is 5.24. The fourth-order valence-corrected chi connectivity index (χ4v) is 4.55. The van der Waals surface area contributed by atoms with Crippen molar-refractivity contribution in [2.75, 3.05) is 12.3 Å². The number of halogens is 3. The van der Waals surface area contributed by atoms with Gasteiger partial charge in [0, 0.05) is 16.7 Å². The van der Waals surface area contributed by atoms with Gasteiger partial charge in [-0.2, -0.15) is 0 Å². The maximum atomic E-state index is 6.34. The van der Waals surface area contributed by atoms with Gasteiger partial charge in [0.1, 0.15) is 0 Å². The second-order valence-electron chi connectivity index (χ2n) is 5.40. The molecule has 2 atom stereocenters. The van der Waals surface area contributed by atoms with Crippen molar-refractivity contribution in [3.05, 3.63) is 29.3 Å². The Hall–Kier alpha value is 0.400. The number of rotatable bonds is 4. The Morgan fingerprint density at radius 1 is 1.35 bits per heavy atom. The van der Waals surface area contributed by atoms with E-state index < -0.39 is 9.21 Å². The van der Waals surface area contributed by atoms with E-state index in [0.29, 0.717) is 0 Å². The molecule has 0 aromatic heterocycles. The van der Waals surface area contributed by atoms with Crippen molar-refractivity contribution < 1.29 is 0 Å². The maximum Gasteiger partial charge on any atom is 0.201 e. The minimum atomic E-state index is -1.37. The molecule has 1 aliphatic rings. The van der Waals surface area contributed by atoms with E-state index in [1.807, 2.05) is 18.7 Å². The molecule has 2 unspecified atom stereocenters. The van der Waals surface area contributed by atoms with Crippen molar-refractivity contribution in [1.29, 1.82) is 0 Å². The van der Waals surface area contributed by atoms with Gasteiger partial charge in [0.15, 0.2) is 0 Å². The molecule has 1 N–H and O–H groups in total. The molecule has 1 aliphatic heterocycles. The second kappa shape index (κ2) is 6.26. The number of benzene rings is 1. The average Bonchev–Trinajstić information content (AvgIpc) is 2.83. The normalized spacial score (nSPS) is 19.5. The number of aryl methyl sites for hydroxylation is 1. The molecule has 1 nitrogen and oxygen atoms in total. The van der Waals surface area contributed by atoms with E-state index >= 15 is 0 Å². The van der Waals surface area contributed by atoms with Gasteiger partial charge in [-0.3, -0.25) is 0 Å². The Morgan fingerprint density at radius 3 is 2.65 bits per heavy atom. The van der Waals surface area contributed by atoms with Crippen molar-refractivity contribution in [3.63, 3.8) is 0 Å². The fraction of sp³-hybridized carbons (Fsp3) is 0.600. The van der Waals surface area contributed by atoms with E-state index in [2.05, 4.69) is 37.4 Å². The van der Waals surface area contributed by atoms with Crippen molar-refractivity contribution in [2.24, 2.45) is 0 Å². The van der Waals surface area contributed by atoms with Gasteiger partial charge in [-0.25, -0.2) is 0 Å². The van der Waals surface area contributed by atoms with E-state index in [0.717, 1.165) is 24.3 Å². The fourth-order valence-electron chi connectivity index (χ4n) is 2.68. The second-order valence-corrected chi connectivity index (χ2v) is 8.82. The smallest absolute Gasteiger partial charge is 0.201 e. The first-order valence-corrected chi connectivity index (χ1v) is 8.99. The summed E-state index contributed by atoms with van der Waals surface area (Å²) < 4.78 is -1.37. The molecular weight excluding hydrogens is 333 g/mol. The molecule has 112 valence electrons. The van der Waals surface area contributed by atoms with Gasteiger partial charge in [0.25, 0.3) is 0 Å². The third-order valence-electron chi connectivity index (χ3n) is 4.25. The average molecular weight is 353 g/mol. The number of fused-ring (bicyclic) bond motifs is 1. The zero-order valence-electron chi connectivity index (χ0n) is 12.0. The molecule has 0 bridgehead atoms. The van der Waals surface area contributed by atoms with Crippen LogP contribution in [0.4, 0.5) is 0 Å². The van der Waals surface area contributed by atoms with Crippen LogP contribution >= 0.6 is 46.6 Å². The summed E-state index contributed by atoms with van der Waals surface area (Å²) in [4.78, 5) is 1.36. The summed E-state index contributed by atoms with van der Waals surface area (Å²) in [6, 6.07) is 6.54. The van der Waals surface area contributed by atoms with Gasteiger partial charge in [-0.05, 0) is 44.0 Å². The SMILES string of the molecule is CCNC(C)C(C)(c1ccc2c(c1)CCS2)C(Cl)(Cl)Cl. The van der Waals surface area contributed by atoms with Gasteiger partial charge in [0.05, 0.1) is 5.41 Å². The van der Waals surface area contributed by atoms with E-state index in [9.17, 15) is 0 Å². The third kappa shape index (κ3) is 2.96. The van der Waals surface area contributed by atoms with E-state index in [1.54, 1.807) is 0 Å². The minimum Gasteiger partial charge on any atom is -0.313 e. The van der Waals surface area contributed by atoms with Crippen molar-refractivity contribution in [1.82, 2.24) is 5.32 Å². The molecule has 0 spiro atoms. The summed E-state index contributed by atoms with van der Waals surface area (Å²) in [5, 5.41) is 3.40. The van der Waals surface area contributed by atoms with Crippen LogP contribution in [0.3, 0.4) is 0 Å². The molecule has 0 amide bonds. The van der Waals surface area contributed by atoms with Crippen LogP contribution in [0.25, 0.3) is 0 Å². The van der Waals surface area contributed by atoms with Gasteiger partial charge in [-0.15, -0.1) is 11.8 Å². The number of alkyl halides is 3. The van der Waals surface area contributed by atoms with Crippen molar-refractivity contribution in [3.8, 4) is 0 Å². The summed E-state index contributed by atoms with van der Waals surface area (Å²) in [6.07, 6.45) is 1.10. The van der Waals surface area contributed by atoms with Crippen LogP contribution in [0.1, 0.15) is 31.9 Å². The minimum absolute atomic E-state index is 0.0621. The zero-order valence-corrected chi connectivity index (χ0v) is 15.1. The first-order chi connectivity index (χ1) is 9.30. The molecule has 0 fully saturated rings. The van der Waals surface area contributed by atoms with Gasteiger partial charge >= 0.3 is 0 Å². The molecule has 2 rings (SSSR count). The van der Waals surface area contributed by atoms with Crippen LogP contribution in [0.15, 0.2) is 23.1 Å². The molecular formula is C15H20Cl3NS. The molecule has 1 heterocycles. The van der Waals surface area contributed by atoms with Crippen LogP contribution in [0, 0.1) is 0 Å². The number of nitrogens with one attached hydrogen (secondary N) is 1. The quantitative estimate of drug-likeness (QED) is 0.769. The summed E-state index contributed by atoms with van der Waals surface area (Å²) in [5.74, 6) is 1.14. The highest BCUT2D eigenvalue weighted by molar-refractivity contribution is 7.99. The molecule has 0 saturated heterocycles.